The molecule has 4 rings (SSSR count). The zero-order chi connectivity index (χ0) is 30.2. The molecule has 11 heteroatoms. The molecule has 3 amide bonds. The van der Waals surface area contributed by atoms with Crippen LogP contribution >= 0.6 is 0 Å². The normalized spacial score (nSPS) is 15.4. The van der Waals surface area contributed by atoms with Crippen molar-refractivity contribution in [1.82, 2.24) is 15.5 Å². The highest BCUT2D eigenvalue weighted by Gasteiger charge is 2.27. The van der Waals surface area contributed by atoms with Gasteiger partial charge in [-0.1, -0.05) is 44.2 Å². The van der Waals surface area contributed by atoms with Crippen molar-refractivity contribution in [2.24, 2.45) is 5.92 Å². The van der Waals surface area contributed by atoms with Crippen LogP contribution in [0, 0.1) is 21.8 Å². The molecule has 3 aromatic rings. The molecule has 220 valence electrons. The van der Waals surface area contributed by atoms with Crippen LogP contribution in [0.2, 0.25) is 0 Å². The standard InChI is InChI=1S/C31H33FN4O6/c1-20(2)12-14-33-30(38)26-17-21-6-5-8-24(16-21)42-28-18-23(10-11-27(28)36(40)41)31(39)35(19-29(37)34-26)15-13-22-7-3-4-9-25(22)32/h3-11,16,18,20,26H,12-15,17,19H2,1-2H3,(H,33,38)(H,34,37)/t26-/m1/s1. The molecular formula is C31H33FN4O6. The summed E-state index contributed by atoms with van der Waals surface area (Å²) >= 11 is 0. The van der Waals surface area contributed by atoms with Crippen LogP contribution in [0.1, 0.15) is 41.8 Å². The van der Waals surface area contributed by atoms with Crippen LogP contribution < -0.4 is 15.4 Å². The van der Waals surface area contributed by atoms with Gasteiger partial charge in [0.05, 0.1) is 11.5 Å². The Balaban J connectivity index is 1.71. The van der Waals surface area contributed by atoms with E-state index in [4.69, 9.17) is 4.74 Å². The summed E-state index contributed by atoms with van der Waals surface area (Å²) in [7, 11) is 0. The first-order valence-corrected chi connectivity index (χ1v) is 13.8. The third kappa shape index (κ3) is 7.90. The SMILES string of the molecule is CC(C)CCNC(=O)[C@H]1Cc2cccc(c2)Oc2cc(ccc2[N+](=O)[O-])C(=O)N(CCc2ccccc2F)CC(=O)N1. The number of carbonyl (C=O) groups is 3. The van der Waals surface area contributed by atoms with E-state index in [-0.39, 0.29) is 48.0 Å². The summed E-state index contributed by atoms with van der Waals surface area (Å²) in [6, 6.07) is 15.6. The molecule has 0 radical (unpaired) electrons. The lowest BCUT2D eigenvalue weighted by atomic mass is 10.0. The summed E-state index contributed by atoms with van der Waals surface area (Å²) in [5, 5.41) is 17.4. The maximum absolute atomic E-state index is 14.3. The number of rotatable bonds is 8. The molecule has 0 saturated carbocycles. The Kier molecular flexibility index (Phi) is 9.85. The number of nitro groups is 1. The zero-order valence-electron chi connectivity index (χ0n) is 23.5. The minimum Gasteiger partial charge on any atom is -0.450 e. The van der Waals surface area contributed by atoms with E-state index in [0.29, 0.717) is 23.6 Å². The number of carbonyl (C=O) groups excluding carboxylic acids is 3. The Hall–Kier alpha value is -4.80. The van der Waals surface area contributed by atoms with Gasteiger partial charge in [0.2, 0.25) is 17.6 Å². The van der Waals surface area contributed by atoms with E-state index in [9.17, 15) is 28.9 Å². The molecule has 0 aromatic heterocycles. The molecule has 1 atom stereocenters. The number of hydrogen-bond donors (Lipinski definition) is 2. The van der Waals surface area contributed by atoms with Gasteiger partial charge >= 0.3 is 5.69 Å². The molecule has 1 heterocycles. The number of ether oxygens (including phenoxy) is 1. The van der Waals surface area contributed by atoms with Crippen molar-refractivity contribution in [2.45, 2.75) is 39.2 Å². The molecule has 4 bridgehead atoms. The van der Waals surface area contributed by atoms with Gasteiger partial charge in [-0.3, -0.25) is 24.5 Å². The highest BCUT2D eigenvalue weighted by Crippen LogP contribution is 2.33. The fourth-order valence-electron chi connectivity index (χ4n) is 4.60. The van der Waals surface area contributed by atoms with Crippen molar-refractivity contribution in [1.29, 1.82) is 0 Å². The highest BCUT2D eigenvalue weighted by atomic mass is 19.1. The number of benzene rings is 3. The molecule has 0 unspecified atom stereocenters. The Morgan fingerprint density at radius 1 is 1.14 bits per heavy atom. The average Bonchev–Trinajstić information content (AvgIpc) is 2.94. The molecule has 10 nitrogen and oxygen atoms in total. The molecule has 0 fully saturated rings. The van der Waals surface area contributed by atoms with E-state index in [1.54, 1.807) is 42.5 Å². The van der Waals surface area contributed by atoms with Crippen LogP contribution in [0.5, 0.6) is 11.5 Å². The molecule has 2 N–H and O–H groups in total. The minimum absolute atomic E-state index is 0.0232. The van der Waals surface area contributed by atoms with Crippen LogP contribution in [0.3, 0.4) is 0 Å². The van der Waals surface area contributed by atoms with E-state index in [1.165, 1.54) is 29.2 Å². The van der Waals surface area contributed by atoms with Gasteiger partial charge in [-0.2, -0.15) is 0 Å². The average molecular weight is 577 g/mol. The lowest BCUT2D eigenvalue weighted by Gasteiger charge is -2.25. The Labute approximate surface area is 243 Å². The number of amides is 3. The first kappa shape index (κ1) is 30.2. The predicted octanol–water partition coefficient (Wildman–Crippen LogP) is 4.41. The predicted molar refractivity (Wildman–Crippen MR) is 154 cm³/mol. The van der Waals surface area contributed by atoms with Crippen LogP contribution in [-0.4, -0.2) is 53.2 Å². The zero-order valence-corrected chi connectivity index (χ0v) is 23.5. The van der Waals surface area contributed by atoms with Gasteiger partial charge in [-0.25, -0.2) is 4.39 Å². The van der Waals surface area contributed by atoms with Crippen molar-refractivity contribution in [3.05, 3.63) is 99.4 Å². The van der Waals surface area contributed by atoms with Crippen LogP contribution in [0.15, 0.2) is 66.7 Å². The smallest absolute Gasteiger partial charge is 0.311 e. The first-order valence-electron chi connectivity index (χ1n) is 13.8. The van der Waals surface area contributed by atoms with Crippen LogP contribution in [-0.2, 0) is 22.4 Å². The summed E-state index contributed by atoms with van der Waals surface area (Å²) in [6.45, 7) is 4.06. The number of hydrogen-bond acceptors (Lipinski definition) is 6. The van der Waals surface area contributed by atoms with Crippen molar-refractivity contribution >= 4 is 23.4 Å². The number of nitro benzene ring substituents is 1. The van der Waals surface area contributed by atoms with Gasteiger partial charge in [0.25, 0.3) is 5.91 Å². The fourth-order valence-corrected chi connectivity index (χ4v) is 4.60. The maximum Gasteiger partial charge on any atom is 0.311 e. The lowest BCUT2D eigenvalue weighted by molar-refractivity contribution is -0.385. The van der Waals surface area contributed by atoms with Crippen LogP contribution in [0.4, 0.5) is 10.1 Å². The van der Waals surface area contributed by atoms with E-state index in [1.807, 2.05) is 13.8 Å². The summed E-state index contributed by atoms with van der Waals surface area (Å²) in [6.07, 6.45) is 0.984. The summed E-state index contributed by atoms with van der Waals surface area (Å²) in [4.78, 5) is 52.5. The van der Waals surface area contributed by atoms with Crippen molar-refractivity contribution in [3.63, 3.8) is 0 Å². The van der Waals surface area contributed by atoms with Crippen LogP contribution in [0.25, 0.3) is 0 Å². The monoisotopic (exact) mass is 576 g/mol. The van der Waals surface area contributed by atoms with E-state index in [2.05, 4.69) is 10.6 Å². The van der Waals surface area contributed by atoms with Gasteiger partial charge < -0.3 is 20.3 Å². The summed E-state index contributed by atoms with van der Waals surface area (Å²) in [5.41, 5.74) is 0.717. The third-order valence-corrected chi connectivity index (χ3v) is 6.87. The Morgan fingerprint density at radius 2 is 1.93 bits per heavy atom. The highest BCUT2D eigenvalue weighted by molar-refractivity contribution is 5.98. The van der Waals surface area contributed by atoms with E-state index >= 15 is 0 Å². The third-order valence-electron chi connectivity index (χ3n) is 6.87. The van der Waals surface area contributed by atoms with E-state index in [0.717, 1.165) is 6.42 Å². The Morgan fingerprint density at radius 3 is 2.67 bits per heavy atom. The van der Waals surface area contributed by atoms with E-state index < -0.39 is 35.1 Å². The number of fused-ring (bicyclic) bond motifs is 4. The lowest BCUT2D eigenvalue weighted by Crippen LogP contribution is -2.51. The quantitative estimate of drug-likeness (QED) is 0.302. The van der Waals surface area contributed by atoms with Gasteiger partial charge in [0, 0.05) is 37.2 Å². The van der Waals surface area contributed by atoms with Gasteiger partial charge in [-0.05, 0) is 54.2 Å². The summed E-state index contributed by atoms with van der Waals surface area (Å²) in [5.74, 6) is -1.53. The second-order valence-electron chi connectivity index (χ2n) is 10.6. The fraction of sp³-hybridized carbons (Fsp3) is 0.323. The number of nitrogens with one attached hydrogen (secondary N) is 2. The molecule has 1 aliphatic rings. The van der Waals surface area contributed by atoms with Crippen molar-refractivity contribution in [2.75, 3.05) is 19.6 Å². The minimum atomic E-state index is -0.960. The molecule has 1 aliphatic heterocycles. The van der Waals surface area contributed by atoms with Crippen molar-refractivity contribution < 1.29 is 28.4 Å². The molecule has 0 saturated heterocycles. The number of halogens is 1. The molecule has 0 spiro atoms. The second-order valence-corrected chi connectivity index (χ2v) is 10.6. The molecule has 42 heavy (non-hydrogen) atoms. The maximum atomic E-state index is 14.3. The largest absolute Gasteiger partial charge is 0.450 e. The van der Waals surface area contributed by atoms with Gasteiger partial charge in [0.1, 0.15) is 17.6 Å². The van der Waals surface area contributed by atoms with Crippen molar-refractivity contribution in [3.8, 4) is 11.5 Å². The Bertz CT molecular complexity index is 1480. The molecule has 3 aromatic carbocycles. The second kappa shape index (κ2) is 13.7. The van der Waals surface area contributed by atoms with Gasteiger partial charge in [-0.15, -0.1) is 0 Å². The molecule has 0 aliphatic carbocycles. The first-order chi connectivity index (χ1) is 20.1. The number of nitrogens with zero attached hydrogens (tertiary/aromatic N) is 2. The summed E-state index contributed by atoms with van der Waals surface area (Å²) < 4.78 is 20.2. The molecular weight excluding hydrogens is 543 g/mol. The topological polar surface area (TPSA) is 131 Å². The van der Waals surface area contributed by atoms with Gasteiger partial charge in [0.15, 0.2) is 0 Å².